The first kappa shape index (κ1) is 23.9. The maximum atomic E-state index is 12.6. The van der Waals surface area contributed by atoms with E-state index < -0.39 is 18.0 Å². The first-order valence-electron chi connectivity index (χ1n) is 9.75. The smallest absolute Gasteiger partial charge is 0.189 e. The van der Waals surface area contributed by atoms with Gasteiger partial charge in [0, 0.05) is 18.9 Å². The topological polar surface area (TPSA) is 118 Å². The molecule has 2 atom stereocenters. The van der Waals surface area contributed by atoms with Crippen molar-refractivity contribution in [2.45, 2.75) is 38.9 Å². The fourth-order valence-electron chi connectivity index (χ4n) is 2.88. The van der Waals surface area contributed by atoms with E-state index in [0.717, 1.165) is 6.07 Å². The average molecular weight is 424 g/mol. The fourth-order valence-corrected chi connectivity index (χ4v) is 2.88. The molecule has 2 aromatic rings. The summed E-state index contributed by atoms with van der Waals surface area (Å²) < 4.78 is 0. The van der Waals surface area contributed by atoms with E-state index in [2.05, 4.69) is 13.2 Å². The second-order valence-electron chi connectivity index (χ2n) is 7.72. The molecule has 0 saturated heterocycles. The molecule has 6 heteroatoms. The van der Waals surface area contributed by atoms with Crippen LogP contribution in [0.3, 0.4) is 0 Å². The monoisotopic (exact) mass is 424 g/mol. The molecular weight excluding hydrogens is 396 g/mol. The standard InChI is InChI=1S/C25H28O6/c1-14(2)22(28)11-17-9-16(5-7-20(17)26)6-8-21(27)19-10-18(12-23(29)15(3)4)24(30)13-25(19)31/h5-10,13,22-23,26,28-31H,1,3,11-12H2,2,4H3/b8-6+. The maximum absolute atomic E-state index is 12.6. The minimum atomic E-state index is -0.890. The van der Waals surface area contributed by atoms with Crippen molar-refractivity contribution in [3.05, 3.63) is 83.0 Å². The van der Waals surface area contributed by atoms with E-state index in [4.69, 9.17) is 0 Å². The lowest BCUT2D eigenvalue weighted by Crippen LogP contribution is -2.12. The number of carbonyl (C=O) groups excluding carboxylic acids is 1. The zero-order valence-electron chi connectivity index (χ0n) is 17.7. The summed E-state index contributed by atoms with van der Waals surface area (Å²) in [5, 5.41) is 50.1. The van der Waals surface area contributed by atoms with E-state index in [0.29, 0.717) is 27.8 Å². The number of allylic oxidation sites excluding steroid dienone is 1. The Hall–Kier alpha value is -3.35. The Labute approximate surface area is 181 Å². The molecule has 6 nitrogen and oxygen atoms in total. The summed E-state index contributed by atoms with van der Waals surface area (Å²) in [4.78, 5) is 12.6. The molecule has 0 radical (unpaired) electrons. The highest BCUT2D eigenvalue weighted by molar-refractivity contribution is 6.08. The number of ketones is 1. The Morgan fingerprint density at radius 3 is 1.97 bits per heavy atom. The largest absolute Gasteiger partial charge is 0.508 e. The van der Waals surface area contributed by atoms with E-state index in [1.165, 1.54) is 24.3 Å². The average Bonchev–Trinajstić information content (AvgIpc) is 2.69. The molecule has 0 aliphatic rings. The van der Waals surface area contributed by atoms with Crippen LogP contribution in [0, 0.1) is 0 Å². The van der Waals surface area contributed by atoms with Crippen LogP contribution < -0.4 is 0 Å². The number of carbonyl (C=O) groups is 1. The van der Waals surface area contributed by atoms with Crippen molar-refractivity contribution < 1.29 is 30.3 Å². The summed E-state index contributed by atoms with van der Waals surface area (Å²) in [6.45, 7) is 10.7. The van der Waals surface area contributed by atoms with Gasteiger partial charge in [-0.25, -0.2) is 0 Å². The van der Waals surface area contributed by atoms with Gasteiger partial charge in [0.2, 0.25) is 0 Å². The Morgan fingerprint density at radius 1 is 0.871 bits per heavy atom. The van der Waals surface area contributed by atoms with Crippen molar-refractivity contribution in [2.75, 3.05) is 0 Å². The first-order valence-corrected chi connectivity index (χ1v) is 9.75. The molecule has 0 aliphatic carbocycles. The highest BCUT2D eigenvalue weighted by atomic mass is 16.3. The van der Waals surface area contributed by atoms with Crippen LogP contribution in [0.5, 0.6) is 17.2 Å². The van der Waals surface area contributed by atoms with E-state index in [1.54, 1.807) is 26.0 Å². The van der Waals surface area contributed by atoms with Crippen LogP contribution in [-0.4, -0.2) is 43.5 Å². The molecule has 0 aromatic heterocycles. The van der Waals surface area contributed by atoms with E-state index in [-0.39, 0.29) is 35.7 Å². The van der Waals surface area contributed by atoms with Crippen LogP contribution in [0.1, 0.15) is 40.9 Å². The molecule has 0 saturated carbocycles. The lowest BCUT2D eigenvalue weighted by Gasteiger charge is -2.13. The van der Waals surface area contributed by atoms with Gasteiger partial charge in [-0.1, -0.05) is 36.4 Å². The summed E-state index contributed by atoms with van der Waals surface area (Å²) >= 11 is 0. The summed E-state index contributed by atoms with van der Waals surface area (Å²) in [6.07, 6.45) is 1.33. The van der Waals surface area contributed by atoms with Gasteiger partial charge in [-0.05, 0) is 54.8 Å². The van der Waals surface area contributed by atoms with Gasteiger partial charge in [0.05, 0.1) is 17.8 Å². The molecule has 164 valence electrons. The second-order valence-corrected chi connectivity index (χ2v) is 7.72. The fraction of sp³-hybridized carbons (Fsp3) is 0.240. The molecule has 0 bridgehead atoms. The molecule has 2 rings (SSSR count). The van der Waals surface area contributed by atoms with Crippen LogP contribution in [0.15, 0.2) is 60.7 Å². The molecular formula is C25H28O6. The number of phenolic OH excluding ortho intramolecular Hbond substituents is 3. The van der Waals surface area contributed by atoms with Gasteiger partial charge < -0.3 is 25.5 Å². The molecule has 2 unspecified atom stereocenters. The van der Waals surface area contributed by atoms with Gasteiger partial charge in [0.25, 0.3) is 0 Å². The van der Waals surface area contributed by atoms with Gasteiger partial charge >= 0.3 is 0 Å². The van der Waals surface area contributed by atoms with Crippen molar-refractivity contribution in [1.29, 1.82) is 0 Å². The third-order valence-electron chi connectivity index (χ3n) is 4.96. The summed E-state index contributed by atoms with van der Waals surface area (Å²) in [5.74, 6) is -1.07. The first-order chi connectivity index (χ1) is 14.5. The molecule has 0 heterocycles. The summed E-state index contributed by atoms with van der Waals surface area (Å²) in [5.41, 5.74) is 2.51. The lowest BCUT2D eigenvalue weighted by molar-refractivity contribution is 0.104. The molecule has 5 N–H and O–H groups in total. The van der Waals surface area contributed by atoms with Crippen molar-refractivity contribution in [2.24, 2.45) is 0 Å². The van der Waals surface area contributed by atoms with Gasteiger partial charge in [0.1, 0.15) is 17.2 Å². The Balaban J connectivity index is 2.27. The number of benzene rings is 2. The summed E-state index contributed by atoms with van der Waals surface area (Å²) in [6, 6.07) is 7.14. The van der Waals surface area contributed by atoms with Gasteiger partial charge in [-0.3, -0.25) is 4.79 Å². The van der Waals surface area contributed by atoms with Crippen molar-refractivity contribution in [3.8, 4) is 17.2 Å². The predicted octanol–water partition coefficient (Wildman–Crippen LogP) is 3.66. The minimum Gasteiger partial charge on any atom is -0.508 e. The van der Waals surface area contributed by atoms with Gasteiger partial charge in [-0.15, -0.1) is 0 Å². The van der Waals surface area contributed by atoms with Crippen molar-refractivity contribution in [3.63, 3.8) is 0 Å². The zero-order chi connectivity index (χ0) is 23.3. The molecule has 31 heavy (non-hydrogen) atoms. The highest BCUT2D eigenvalue weighted by Crippen LogP contribution is 2.30. The van der Waals surface area contributed by atoms with Crippen LogP contribution >= 0.6 is 0 Å². The third-order valence-corrected chi connectivity index (χ3v) is 4.96. The molecule has 0 amide bonds. The maximum Gasteiger partial charge on any atom is 0.189 e. The van der Waals surface area contributed by atoms with Crippen LogP contribution in [0.25, 0.3) is 6.08 Å². The normalized spacial score (nSPS) is 13.2. The molecule has 0 spiro atoms. The number of aliphatic hydroxyl groups is 2. The summed E-state index contributed by atoms with van der Waals surface area (Å²) in [7, 11) is 0. The third kappa shape index (κ3) is 6.31. The number of aromatic hydroxyl groups is 3. The van der Waals surface area contributed by atoms with Crippen molar-refractivity contribution in [1.82, 2.24) is 0 Å². The number of phenols is 3. The number of hydrogen-bond acceptors (Lipinski definition) is 6. The predicted molar refractivity (Wildman–Crippen MR) is 120 cm³/mol. The lowest BCUT2D eigenvalue weighted by atomic mass is 9.97. The Kier molecular flexibility index (Phi) is 7.80. The molecule has 0 fully saturated rings. The van der Waals surface area contributed by atoms with E-state index in [1.807, 2.05) is 0 Å². The second kappa shape index (κ2) is 10.1. The van der Waals surface area contributed by atoms with Gasteiger partial charge in [-0.2, -0.15) is 0 Å². The quantitative estimate of drug-likeness (QED) is 0.238. The Morgan fingerprint density at radius 2 is 1.42 bits per heavy atom. The van der Waals surface area contributed by atoms with Crippen LogP contribution in [-0.2, 0) is 12.8 Å². The van der Waals surface area contributed by atoms with Crippen molar-refractivity contribution >= 4 is 11.9 Å². The molecule has 2 aromatic carbocycles. The molecule has 0 aliphatic heterocycles. The number of aliphatic hydroxyl groups excluding tert-OH is 2. The number of hydrogen-bond donors (Lipinski definition) is 5. The highest BCUT2D eigenvalue weighted by Gasteiger charge is 2.16. The Bertz CT molecular complexity index is 1030. The van der Waals surface area contributed by atoms with Gasteiger partial charge in [0.15, 0.2) is 5.78 Å². The zero-order valence-corrected chi connectivity index (χ0v) is 17.7. The minimum absolute atomic E-state index is 0.0188. The van der Waals surface area contributed by atoms with E-state index in [9.17, 15) is 30.3 Å². The number of rotatable bonds is 9. The van der Waals surface area contributed by atoms with Crippen LogP contribution in [0.2, 0.25) is 0 Å². The SMILES string of the molecule is C=C(C)C(O)Cc1cc(/C=C/C(=O)c2cc(CC(O)C(=C)C)c(O)cc2O)ccc1O. The van der Waals surface area contributed by atoms with Crippen LogP contribution in [0.4, 0.5) is 0 Å². The van der Waals surface area contributed by atoms with E-state index >= 15 is 0 Å².